The van der Waals surface area contributed by atoms with Gasteiger partial charge < -0.3 is 10.2 Å². The highest BCUT2D eigenvalue weighted by atomic mass is 19.1. The van der Waals surface area contributed by atoms with Crippen LogP contribution < -0.4 is 5.32 Å². The Kier molecular flexibility index (Phi) is 6.27. The maximum atomic E-state index is 14.6. The van der Waals surface area contributed by atoms with Crippen molar-refractivity contribution in [1.29, 1.82) is 0 Å². The van der Waals surface area contributed by atoms with Gasteiger partial charge >= 0.3 is 0 Å². The van der Waals surface area contributed by atoms with Gasteiger partial charge in [-0.15, -0.1) is 0 Å². The number of halogens is 1. The molecule has 0 amide bonds. The number of aliphatic imine (C=N–C) groups is 1. The van der Waals surface area contributed by atoms with Gasteiger partial charge in [-0.1, -0.05) is 37.3 Å². The fourth-order valence-electron chi connectivity index (χ4n) is 3.94. The van der Waals surface area contributed by atoms with E-state index < -0.39 is 0 Å². The van der Waals surface area contributed by atoms with Crippen molar-refractivity contribution in [2.24, 2.45) is 4.99 Å². The number of fused-ring (bicyclic) bond motifs is 1. The fourth-order valence-corrected chi connectivity index (χ4v) is 3.94. The lowest BCUT2D eigenvalue weighted by molar-refractivity contribution is 0.287. The van der Waals surface area contributed by atoms with Crippen molar-refractivity contribution >= 4 is 11.3 Å². The van der Waals surface area contributed by atoms with Gasteiger partial charge in [0.15, 0.2) is 0 Å². The van der Waals surface area contributed by atoms with Gasteiger partial charge in [-0.2, -0.15) is 0 Å². The quantitative estimate of drug-likeness (QED) is 0.570. The molecule has 0 aromatic heterocycles. The summed E-state index contributed by atoms with van der Waals surface area (Å²) in [5.41, 5.74) is 4.69. The molecule has 3 nitrogen and oxygen atoms in total. The molecule has 1 aliphatic heterocycles. The van der Waals surface area contributed by atoms with Gasteiger partial charge in [0.05, 0.1) is 0 Å². The second-order valence-electron chi connectivity index (χ2n) is 7.21. The topological polar surface area (TPSA) is 27.6 Å². The molecule has 3 rings (SSSR count). The normalized spacial score (nSPS) is 24.1. The van der Waals surface area contributed by atoms with Crippen LogP contribution in [0.25, 0.3) is 5.57 Å². The lowest BCUT2D eigenvalue weighted by atomic mass is 9.92. The zero-order valence-electron chi connectivity index (χ0n) is 16.8. The van der Waals surface area contributed by atoms with E-state index in [0.717, 1.165) is 36.4 Å². The summed E-state index contributed by atoms with van der Waals surface area (Å²) in [6.45, 7) is 10.2. The number of rotatable bonds is 6. The first kappa shape index (κ1) is 19.6. The predicted molar refractivity (Wildman–Crippen MR) is 112 cm³/mol. The van der Waals surface area contributed by atoms with E-state index in [1.165, 1.54) is 18.2 Å². The molecule has 1 aliphatic carbocycles. The van der Waals surface area contributed by atoms with Crippen molar-refractivity contribution in [2.75, 3.05) is 13.1 Å². The van der Waals surface area contributed by atoms with Crippen LogP contribution in [0, 0.1) is 5.82 Å². The molecular weight excluding hydrogens is 337 g/mol. The van der Waals surface area contributed by atoms with E-state index in [0.29, 0.717) is 17.6 Å². The molecule has 1 saturated carbocycles. The Bertz CT molecular complexity index is 804. The van der Waals surface area contributed by atoms with Crippen LogP contribution in [-0.2, 0) is 0 Å². The minimum Gasteiger partial charge on any atom is -0.369 e. The largest absolute Gasteiger partial charge is 0.369 e. The van der Waals surface area contributed by atoms with E-state index in [1.807, 2.05) is 44.3 Å². The van der Waals surface area contributed by atoms with E-state index in [2.05, 4.69) is 29.1 Å². The molecule has 1 N–H and O–H groups in total. The molecule has 2 unspecified atom stereocenters. The summed E-state index contributed by atoms with van der Waals surface area (Å²) >= 11 is 0. The summed E-state index contributed by atoms with van der Waals surface area (Å²) in [6, 6.07) is 8.14. The van der Waals surface area contributed by atoms with E-state index in [1.54, 1.807) is 6.07 Å². The number of piperazine rings is 1. The van der Waals surface area contributed by atoms with Crippen LogP contribution in [0.2, 0.25) is 0 Å². The van der Waals surface area contributed by atoms with Gasteiger partial charge in [-0.3, -0.25) is 4.99 Å². The lowest BCUT2D eigenvalue weighted by Crippen LogP contribution is -2.43. The first-order valence-electron chi connectivity index (χ1n) is 9.90. The average Bonchev–Trinajstić information content (AvgIpc) is 3.46. The highest BCUT2D eigenvalue weighted by molar-refractivity contribution is 6.12. The van der Waals surface area contributed by atoms with Gasteiger partial charge in [-0.05, 0) is 45.3 Å². The molecule has 1 aromatic rings. The number of allylic oxidation sites excluding steroid dienone is 5. The minimum absolute atomic E-state index is 0.197. The molecular formula is C23H30FN3. The average molecular weight is 368 g/mol. The molecule has 0 radical (unpaired) electrons. The van der Waals surface area contributed by atoms with Crippen molar-refractivity contribution in [1.82, 2.24) is 10.2 Å². The van der Waals surface area contributed by atoms with Gasteiger partial charge in [0.1, 0.15) is 5.82 Å². The third-order valence-corrected chi connectivity index (χ3v) is 5.40. The highest BCUT2D eigenvalue weighted by Crippen LogP contribution is 2.37. The van der Waals surface area contributed by atoms with E-state index in [9.17, 15) is 4.39 Å². The highest BCUT2D eigenvalue weighted by Gasteiger charge is 2.44. The van der Waals surface area contributed by atoms with Gasteiger partial charge in [0, 0.05) is 53.9 Å². The van der Waals surface area contributed by atoms with Crippen molar-refractivity contribution in [2.45, 2.75) is 52.6 Å². The summed E-state index contributed by atoms with van der Waals surface area (Å²) in [6.07, 6.45) is 8.03. The number of hydrogen-bond acceptors (Lipinski definition) is 3. The monoisotopic (exact) mass is 367 g/mol. The van der Waals surface area contributed by atoms with Crippen LogP contribution in [0.4, 0.5) is 4.39 Å². The van der Waals surface area contributed by atoms with Crippen molar-refractivity contribution in [3.05, 3.63) is 65.3 Å². The molecule has 1 heterocycles. The van der Waals surface area contributed by atoms with E-state index in [-0.39, 0.29) is 5.82 Å². The Labute approximate surface area is 162 Å². The summed E-state index contributed by atoms with van der Waals surface area (Å²) in [5.74, 6) is -0.197. The predicted octanol–water partition coefficient (Wildman–Crippen LogP) is 4.93. The molecule has 0 bridgehead atoms. The zero-order valence-corrected chi connectivity index (χ0v) is 16.8. The molecule has 0 spiro atoms. The molecule has 144 valence electrons. The lowest BCUT2D eigenvalue weighted by Gasteiger charge is -2.32. The molecule has 2 atom stereocenters. The Balaban J connectivity index is 2.09. The van der Waals surface area contributed by atoms with Crippen molar-refractivity contribution in [3.8, 4) is 0 Å². The van der Waals surface area contributed by atoms with E-state index >= 15 is 0 Å². The molecule has 1 aromatic carbocycles. The molecule has 2 fully saturated rings. The zero-order chi connectivity index (χ0) is 19.4. The van der Waals surface area contributed by atoms with Crippen LogP contribution in [-0.4, -0.2) is 35.8 Å². The molecule has 2 aliphatic rings. The van der Waals surface area contributed by atoms with Crippen molar-refractivity contribution in [3.63, 3.8) is 0 Å². The van der Waals surface area contributed by atoms with Crippen molar-refractivity contribution < 1.29 is 4.39 Å². The van der Waals surface area contributed by atoms with E-state index in [4.69, 9.17) is 0 Å². The molecule has 1 saturated heterocycles. The second kappa shape index (κ2) is 8.66. The van der Waals surface area contributed by atoms with Crippen LogP contribution in [0.15, 0.2) is 58.9 Å². The maximum Gasteiger partial charge on any atom is 0.131 e. The van der Waals surface area contributed by atoms with Gasteiger partial charge in [-0.25, -0.2) is 4.39 Å². The summed E-state index contributed by atoms with van der Waals surface area (Å²) in [4.78, 5) is 7.14. The van der Waals surface area contributed by atoms with Gasteiger partial charge in [0.2, 0.25) is 0 Å². The van der Waals surface area contributed by atoms with Gasteiger partial charge in [0.25, 0.3) is 0 Å². The summed E-state index contributed by atoms with van der Waals surface area (Å²) in [7, 11) is 0. The number of hydrogen-bond donors (Lipinski definition) is 1. The molecule has 4 heteroatoms. The Morgan fingerprint density at radius 2 is 2.11 bits per heavy atom. The Morgan fingerprint density at radius 1 is 1.33 bits per heavy atom. The summed E-state index contributed by atoms with van der Waals surface area (Å²) in [5, 5.41) is 3.55. The van der Waals surface area contributed by atoms with Crippen LogP contribution in [0.3, 0.4) is 0 Å². The second-order valence-corrected chi connectivity index (χ2v) is 7.21. The SMILES string of the molecule is C\C=C(C(/C(C)=N/C=C/CC)=C(/C)N1CCNC2CC21)\c1ccccc1F. The fraction of sp³-hybridized carbons (Fsp3) is 0.435. The Hall–Kier alpha value is -2.20. The summed E-state index contributed by atoms with van der Waals surface area (Å²) < 4.78 is 14.6. The van der Waals surface area contributed by atoms with Crippen LogP contribution in [0.1, 0.15) is 46.1 Å². The third kappa shape index (κ3) is 4.22. The van der Waals surface area contributed by atoms with Crippen LogP contribution >= 0.6 is 0 Å². The third-order valence-electron chi connectivity index (χ3n) is 5.40. The number of benzene rings is 1. The first-order valence-corrected chi connectivity index (χ1v) is 9.90. The smallest absolute Gasteiger partial charge is 0.131 e. The van der Waals surface area contributed by atoms with Crippen LogP contribution in [0.5, 0.6) is 0 Å². The molecule has 27 heavy (non-hydrogen) atoms. The number of nitrogens with zero attached hydrogens (tertiary/aromatic N) is 2. The standard InChI is InChI=1S/C23H30FN3/c1-5-7-12-25-16(3)23(17(4)27-14-13-26-21-15-22(21)27)18(6-2)19-10-8-9-11-20(19)24/h6-12,21-22,26H,5,13-15H2,1-4H3/b12-7+,18-6-,23-17-,25-16+. The minimum atomic E-state index is -0.197. The number of nitrogens with one attached hydrogen (secondary N) is 1. The Morgan fingerprint density at radius 3 is 2.81 bits per heavy atom. The maximum absolute atomic E-state index is 14.6. The first-order chi connectivity index (χ1) is 13.1.